The number of ether oxygens (including phenoxy) is 2. The molecule has 0 saturated carbocycles. The second-order valence-electron chi connectivity index (χ2n) is 4.03. The number of hydrogen-bond acceptors (Lipinski definition) is 3. The fourth-order valence-corrected chi connectivity index (χ4v) is 1.70. The summed E-state index contributed by atoms with van der Waals surface area (Å²) in [6, 6.07) is 3.83. The van der Waals surface area contributed by atoms with E-state index < -0.39 is 6.36 Å². The SMILES string of the molecule is CN(C)C(=O)CCOc1ccc(OC(F)(F)F)c(Br)c1. The monoisotopic (exact) mass is 355 g/mol. The molecule has 0 atom stereocenters. The van der Waals surface area contributed by atoms with E-state index in [1.54, 1.807) is 14.1 Å². The Balaban J connectivity index is 2.57. The Morgan fingerprint density at radius 1 is 1.35 bits per heavy atom. The molecule has 0 N–H and O–H groups in total. The Morgan fingerprint density at radius 2 is 2.00 bits per heavy atom. The summed E-state index contributed by atoms with van der Waals surface area (Å²) < 4.78 is 45.4. The van der Waals surface area contributed by atoms with E-state index in [2.05, 4.69) is 20.7 Å². The molecule has 20 heavy (non-hydrogen) atoms. The summed E-state index contributed by atoms with van der Waals surface area (Å²) in [6.07, 6.45) is -4.56. The van der Waals surface area contributed by atoms with Gasteiger partial charge >= 0.3 is 6.36 Å². The van der Waals surface area contributed by atoms with Gasteiger partial charge in [-0.25, -0.2) is 0 Å². The number of rotatable bonds is 5. The normalized spacial score (nSPS) is 11.1. The average Bonchev–Trinajstić information content (AvgIpc) is 2.30. The van der Waals surface area contributed by atoms with E-state index in [1.165, 1.54) is 17.0 Å². The van der Waals surface area contributed by atoms with Gasteiger partial charge in [0.1, 0.15) is 11.5 Å². The van der Waals surface area contributed by atoms with Crippen LogP contribution >= 0.6 is 15.9 Å². The molecule has 0 heterocycles. The van der Waals surface area contributed by atoms with Crippen molar-refractivity contribution in [1.29, 1.82) is 0 Å². The Morgan fingerprint density at radius 3 is 2.50 bits per heavy atom. The number of carbonyl (C=O) groups is 1. The average molecular weight is 356 g/mol. The summed E-state index contributed by atoms with van der Waals surface area (Å²) in [7, 11) is 3.25. The van der Waals surface area contributed by atoms with Crippen molar-refractivity contribution in [3.8, 4) is 11.5 Å². The van der Waals surface area contributed by atoms with Crippen molar-refractivity contribution in [2.45, 2.75) is 12.8 Å². The van der Waals surface area contributed by atoms with Gasteiger partial charge in [-0.2, -0.15) is 0 Å². The van der Waals surface area contributed by atoms with Crippen molar-refractivity contribution in [3.05, 3.63) is 22.7 Å². The molecule has 0 bridgehead atoms. The highest BCUT2D eigenvalue weighted by Crippen LogP contribution is 2.33. The minimum atomic E-state index is -4.75. The number of hydrogen-bond donors (Lipinski definition) is 0. The second kappa shape index (κ2) is 6.83. The minimum Gasteiger partial charge on any atom is -0.493 e. The third-order valence-electron chi connectivity index (χ3n) is 2.21. The van der Waals surface area contributed by atoms with Crippen LogP contribution in [0.15, 0.2) is 22.7 Å². The lowest BCUT2D eigenvalue weighted by Crippen LogP contribution is -2.23. The lowest BCUT2D eigenvalue weighted by Gasteiger charge is -2.13. The quantitative estimate of drug-likeness (QED) is 0.813. The second-order valence-corrected chi connectivity index (χ2v) is 4.88. The molecule has 0 aliphatic rings. The number of benzene rings is 1. The first-order valence-corrected chi connectivity index (χ1v) is 6.36. The molecule has 0 radical (unpaired) electrons. The summed E-state index contributed by atoms with van der Waals surface area (Å²) in [5, 5.41) is 0. The van der Waals surface area contributed by atoms with Gasteiger partial charge in [-0.3, -0.25) is 4.79 Å². The van der Waals surface area contributed by atoms with Crippen LogP contribution in [0.3, 0.4) is 0 Å². The van der Waals surface area contributed by atoms with Gasteiger partial charge in [0.25, 0.3) is 0 Å². The number of nitrogens with zero attached hydrogens (tertiary/aromatic N) is 1. The summed E-state index contributed by atoms with van der Waals surface area (Å²) in [4.78, 5) is 12.7. The molecule has 1 aromatic rings. The molecular weight excluding hydrogens is 343 g/mol. The highest BCUT2D eigenvalue weighted by molar-refractivity contribution is 9.10. The Bertz CT molecular complexity index is 478. The molecule has 8 heteroatoms. The maximum absolute atomic E-state index is 12.1. The maximum Gasteiger partial charge on any atom is 0.573 e. The first kappa shape index (κ1) is 16.6. The van der Waals surface area contributed by atoms with E-state index in [9.17, 15) is 18.0 Å². The first-order valence-electron chi connectivity index (χ1n) is 5.57. The van der Waals surface area contributed by atoms with Gasteiger partial charge in [0.05, 0.1) is 17.5 Å². The predicted octanol–water partition coefficient (Wildman–Crippen LogP) is 3.20. The molecule has 0 spiro atoms. The van der Waals surface area contributed by atoms with Crippen molar-refractivity contribution in [2.24, 2.45) is 0 Å². The van der Waals surface area contributed by atoms with Crippen LogP contribution in [0.25, 0.3) is 0 Å². The summed E-state index contributed by atoms with van der Waals surface area (Å²) in [5.41, 5.74) is 0. The number of alkyl halides is 3. The van der Waals surface area contributed by atoms with Gasteiger partial charge < -0.3 is 14.4 Å². The van der Waals surface area contributed by atoms with Crippen LogP contribution < -0.4 is 9.47 Å². The zero-order valence-corrected chi connectivity index (χ0v) is 12.4. The Labute approximate surface area is 122 Å². The van der Waals surface area contributed by atoms with Crippen LogP contribution in [0, 0.1) is 0 Å². The smallest absolute Gasteiger partial charge is 0.493 e. The van der Waals surface area contributed by atoms with E-state index >= 15 is 0 Å². The Kier molecular flexibility index (Phi) is 5.67. The molecule has 0 aliphatic heterocycles. The summed E-state index contributed by atoms with van der Waals surface area (Å²) in [5.74, 6) is -0.103. The van der Waals surface area contributed by atoms with E-state index in [4.69, 9.17) is 4.74 Å². The molecule has 0 saturated heterocycles. The molecule has 4 nitrogen and oxygen atoms in total. The highest BCUT2D eigenvalue weighted by Gasteiger charge is 2.31. The first-order chi connectivity index (χ1) is 9.19. The molecule has 0 unspecified atom stereocenters. The molecule has 0 aromatic heterocycles. The van der Waals surface area contributed by atoms with Crippen LogP contribution in [0.2, 0.25) is 0 Å². The van der Waals surface area contributed by atoms with Gasteiger partial charge in [0.2, 0.25) is 5.91 Å². The van der Waals surface area contributed by atoms with Gasteiger partial charge in [0, 0.05) is 14.1 Å². The topological polar surface area (TPSA) is 38.8 Å². The van der Waals surface area contributed by atoms with Crippen LogP contribution in [-0.4, -0.2) is 37.9 Å². The van der Waals surface area contributed by atoms with Gasteiger partial charge in [-0.1, -0.05) is 0 Å². The van der Waals surface area contributed by atoms with Crippen LogP contribution in [0.4, 0.5) is 13.2 Å². The van der Waals surface area contributed by atoms with Crippen LogP contribution in [0.1, 0.15) is 6.42 Å². The fourth-order valence-electron chi connectivity index (χ4n) is 1.26. The van der Waals surface area contributed by atoms with Crippen molar-refractivity contribution in [2.75, 3.05) is 20.7 Å². The van der Waals surface area contributed by atoms with Gasteiger partial charge in [-0.15, -0.1) is 13.2 Å². The van der Waals surface area contributed by atoms with Crippen molar-refractivity contribution < 1.29 is 27.4 Å². The largest absolute Gasteiger partial charge is 0.573 e. The summed E-state index contributed by atoms with van der Waals surface area (Å²) in [6.45, 7) is 0.142. The Hall–Kier alpha value is -1.44. The number of halogens is 4. The van der Waals surface area contributed by atoms with E-state index in [-0.39, 0.29) is 29.2 Å². The molecule has 1 aromatic carbocycles. The molecular formula is C12H13BrF3NO3. The maximum atomic E-state index is 12.1. The van der Waals surface area contributed by atoms with E-state index in [0.29, 0.717) is 5.75 Å². The predicted molar refractivity (Wildman–Crippen MR) is 69.6 cm³/mol. The zero-order valence-electron chi connectivity index (χ0n) is 10.8. The van der Waals surface area contributed by atoms with Crippen molar-refractivity contribution in [1.82, 2.24) is 4.90 Å². The zero-order chi connectivity index (χ0) is 15.3. The van der Waals surface area contributed by atoms with Gasteiger partial charge in [0.15, 0.2) is 0 Å². The van der Waals surface area contributed by atoms with Crippen molar-refractivity contribution in [3.63, 3.8) is 0 Å². The molecule has 0 aliphatic carbocycles. The fraction of sp³-hybridized carbons (Fsp3) is 0.417. The molecule has 1 amide bonds. The van der Waals surface area contributed by atoms with E-state index in [0.717, 1.165) is 6.07 Å². The molecule has 0 fully saturated rings. The van der Waals surface area contributed by atoms with E-state index in [1.807, 2.05) is 0 Å². The lowest BCUT2D eigenvalue weighted by molar-refractivity contribution is -0.274. The molecule has 1 rings (SSSR count). The third-order valence-corrected chi connectivity index (χ3v) is 2.83. The lowest BCUT2D eigenvalue weighted by atomic mass is 10.3. The van der Waals surface area contributed by atoms with Gasteiger partial charge in [-0.05, 0) is 34.1 Å². The third kappa shape index (κ3) is 5.68. The highest BCUT2D eigenvalue weighted by atomic mass is 79.9. The number of amides is 1. The standard InChI is InChI=1S/C12H13BrF3NO3/c1-17(2)11(18)5-6-19-8-3-4-10(9(13)7-8)20-12(14,15)16/h3-4,7H,5-6H2,1-2H3. The van der Waals surface area contributed by atoms with Crippen LogP contribution in [-0.2, 0) is 4.79 Å². The van der Waals surface area contributed by atoms with Crippen molar-refractivity contribution >= 4 is 21.8 Å². The molecule has 112 valence electrons. The van der Waals surface area contributed by atoms with Crippen LogP contribution in [0.5, 0.6) is 11.5 Å². The number of carbonyl (C=O) groups excluding carboxylic acids is 1. The minimum absolute atomic E-state index is 0.0962. The summed E-state index contributed by atoms with van der Waals surface area (Å²) >= 11 is 2.96.